The molecule has 1 aliphatic rings. The molecule has 0 spiro atoms. The van der Waals surface area contributed by atoms with Gasteiger partial charge in [-0.25, -0.2) is 4.98 Å². The molecule has 0 radical (unpaired) electrons. The van der Waals surface area contributed by atoms with Crippen LogP contribution in [0.3, 0.4) is 0 Å². The minimum absolute atomic E-state index is 0.0473. The molecule has 0 saturated heterocycles. The SMILES string of the molecule is CCn1cc(C(=O)N(C)CC2CCc3nccn3C2)cn1. The van der Waals surface area contributed by atoms with Crippen LogP contribution in [0, 0.1) is 5.92 Å². The summed E-state index contributed by atoms with van der Waals surface area (Å²) in [7, 11) is 1.87. The van der Waals surface area contributed by atoms with Crippen molar-refractivity contribution in [1.29, 1.82) is 0 Å². The average molecular weight is 287 g/mol. The van der Waals surface area contributed by atoms with Gasteiger partial charge in [-0.3, -0.25) is 9.48 Å². The molecule has 21 heavy (non-hydrogen) atoms. The molecule has 3 rings (SSSR count). The van der Waals surface area contributed by atoms with Crippen molar-refractivity contribution in [1.82, 2.24) is 24.2 Å². The Hall–Kier alpha value is -2.11. The van der Waals surface area contributed by atoms with E-state index in [0.717, 1.165) is 38.3 Å². The van der Waals surface area contributed by atoms with Crippen LogP contribution in [0.15, 0.2) is 24.8 Å². The van der Waals surface area contributed by atoms with Crippen LogP contribution in [0.25, 0.3) is 0 Å². The number of aryl methyl sites for hydroxylation is 2. The van der Waals surface area contributed by atoms with Crippen molar-refractivity contribution in [2.75, 3.05) is 13.6 Å². The second-order valence-electron chi connectivity index (χ2n) is 5.67. The van der Waals surface area contributed by atoms with E-state index in [-0.39, 0.29) is 5.91 Å². The van der Waals surface area contributed by atoms with Gasteiger partial charge in [-0.05, 0) is 19.3 Å². The number of imidazole rings is 1. The summed E-state index contributed by atoms with van der Waals surface area (Å²) in [4.78, 5) is 18.5. The summed E-state index contributed by atoms with van der Waals surface area (Å²) in [5.41, 5.74) is 0.665. The van der Waals surface area contributed by atoms with E-state index in [9.17, 15) is 4.79 Å². The lowest BCUT2D eigenvalue weighted by atomic mass is 9.99. The van der Waals surface area contributed by atoms with Crippen molar-refractivity contribution >= 4 is 5.91 Å². The molecule has 0 saturated carbocycles. The van der Waals surface area contributed by atoms with Crippen LogP contribution in [0.1, 0.15) is 29.5 Å². The maximum Gasteiger partial charge on any atom is 0.256 e. The fourth-order valence-corrected chi connectivity index (χ4v) is 2.92. The van der Waals surface area contributed by atoms with Crippen LogP contribution >= 0.6 is 0 Å². The summed E-state index contributed by atoms with van der Waals surface area (Å²) >= 11 is 0. The molecule has 2 aromatic rings. The smallest absolute Gasteiger partial charge is 0.256 e. The molecule has 1 atom stereocenters. The molecule has 6 heteroatoms. The third-order valence-electron chi connectivity index (χ3n) is 4.12. The lowest BCUT2D eigenvalue weighted by Crippen LogP contribution is -2.35. The van der Waals surface area contributed by atoms with Gasteiger partial charge in [-0.15, -0.1) is 0 Å². The number of hydrogen-bond donors (Lipinski definition) is 0. The topological polar surface area (TPSA) is 56.0 Å². The van der Waals surface area contributed by atoms with Gasteiger partial charge in [0.1, 0.15) is 5.82 Å². The maximum absolute atomic E-state index is 12.4. The second kappa shape index (κ2) is 5.71. The third kappa shape index (κ3) is 2.84. The van der Waals surface area contributed by atoms with Crippen LogP contribution in [-0.4, -0.2) is 43.7 Å². The van der Waals surface area contributed by atoms with Crippen LogP contribution in [-0.2, 0) is 19.5 Å². The molecule has 0 bridgehead atoms. The van der Waals surface area contributed by atoms with Gasteiger partial charge < -0.3 is 9.47 Å². The Morgan fingerprint density at radius 2 is 2.38 bits per heavy atom. The van der Waals surface area contributed by atoms with Gasteiger partial charge in [0.25, 0.3) is 5.91 Å². The maximum atomic E-state index is 12.4. The lowest BCUT2D eigenvalue weighted by Gasteiger charge is -2.28. The standard InChI is InChI=1S/C15H21N5O/c1-3-20-11-13(8-17-20)15(21)18(2)9-12-4-5-14-16-6-7-19(14)10-12/h6-8,11-12H,3-5,9-10H2,1-2H3. The van der Waals surface area contributed by atoms with E-state index in [1.165, 1.54) is 0 Å². The monoisotopic (exact) mass is 287 g/mol. The molecule has 1 unspecified atom stereocenters. The van der Waals surface area contributed by atoms with Crippen molar-refractivity contribution in [3.8, 4) is 0 Å². The third-order valence-corrected chi connectivity index (χ3v) is 4.12. The Labute approximate surface area is 124 Å². The number of hydrogen-bond acceptors (Lipinski definition) is 3. The number of carbonyl (C=O) groups is 1. The minimum Gasteiger partial charge on any atom is -0.341 e. The zero-order chi connectivity index (χ0) is 14.8. The lowest BCUT2D eigenvalue weighted by molar-refractivity contribution is 0.0760. The highest BCUT2D eigenvalue weighted by atomic mass is 16.2. The Kier molecular flexibility index (Phi) is 3.77. The summed E-state index contributed by atoms with van der Waals surface area (Å²) < 4.78 is 3.97. The molecular weight excluding hydrogens is 266 g/mol. The van der Waals surface area contributed by atoms with Gasteiger partial charge in [-0.2, -0.15) is 5.10 Å². The Balaban J connectivity index is 1.61. The van der Waals surface area contributed by atoms with E-state index in [0.29, 0.717) is 11.5 Å². The minimum atomic E-state index is 0.0473. The van der Waals surface area contributed by atoms with Gasteiger partial charge in [0.15, 0.2) is 0 Å². The number of carbonyl (C=O) groups excluding carboxylic acids is 1. The Morgan fingerprint density at radius 3 is 3.14 bits per heavy atom. The molecule has 0 N–H and O–H groups in total. The first-order chi connectivity index (χ1) is 10.2. The first-order valence-corrected chi connectivity index (χ1v) is 7.45. The zero-order valence-corrected chi connectivity index (χ0v) is 12.6. The van der Waals surface area contributed by atoms with Gasteiger partial charge in [0.05, 0.1) is 11.8 Å². The molecule has 0 aromatic carbocycles. The summed E-state index contributed by atoms with van der Waals surface area (Å²) in [5, 5.41) is 4.16. The number of nitrogens with zero attached hydrogens (tertiary/aromatic N) is 5. The van der Waals surface area contributed by atoms with Crippen LogP contribution < -0.4 is 0 Å². The summed E-state index contributed by atoms with van der Waals surface area (Å²) in [5.74, 6) is 1.69. The largest absolute Gasteiger partial charge is 0.341 e. The van der Waals surface area contributed by atoms with E-state index in [1.54, 1.807) is 10.9 Å². The highest BCUT2D eigenvalue weighted by Gasteiger charge is 2.22. The number of fused-ring (bicyclic) bond motifs is 1. The van der Waals surface area contributed by atoms with Crippen molar-refractivity contribution in [2.24, 2.45) is 5.92 Å². The molecule has 112 valence electrons. The van der Waals surface area contributed by atoms with Gasteiger partial charge >= 0.3 is 0 Å². The number of amides is 1. The van der Waals surface area contributed by atoms with E-state index in [1.807, 2.05) is 37.5 Å². The molecule has 6 nitrogen and oxygen atoms in total. The van der Waals surface area contributed by atoms with Crippen molar-refractivity contribution in [3.63, 3.8) is 0 Å². The fraction of sp³-hybridized carbons (Fsp3) is 0.533. The number of rotatable bonds is 4. The van der Waals surface area contributed by atoms with Crippen LogP contribution in [0.4, 0.5) is 0 Å². The molecular formula is C15H21N5O. The van der Waals surface area contributed by atoms with Gasteiger partial charge in [-0.1, -0.05) is 0 Å². The van der Waals surface area contributed by atoms with Gasteiger partial charge in [0, 0.05) is 51.7 Å². The van der Waals surface area contributed by atoms with Crippen LogP contribution in [0.5, 0.6) is 0 Å². The van der Waals surface area contributed by atoms with Crippen LogP contribution in [0.2, 0.25) is 0 Å². The van der Waals surface area contributed by atoms with E-state index in [2.05, 4.69) is 14.6 Å². The molecule has 0 fully saturated rings. The number of aromatic nitrogens is 4. The van der Waals surface area contributed by atoms with E-state index < -0.39 is 0 Å². The van der Waals surface area contributed by atoms with Gasteiger partial charge in [0.2, 0.25) is 0 Å². The first kappa shape index (κ1) is 13.9. The van der Waals surface area contributed by atoms with E-state index in [4.69, 9.17) is 0 Å². The fourth-order valence-electron chi connectivity index (χ4n) is 2.92. The summed E-state index contributed by atoms with van der Waals surface area (Å²) in [6.45, 7) is 4.51. The molecule has 1 amide bonds. The second-order valence-corrected chi connectivity index (χ2v) is 5.67. The average Bonchev–Trinajstić information content (AvgIpc) is 3.14. The predicted octanol–water partition coefficient (Wildman–Crippen LogP) is 1.43. The zero-order valence-electron chi connectivity index (χ0n) is 12.6. The highest BCUT2D eigenvalue weighted by Crippen LogP contribution is 2.20. The molecule has 0 aliphatic carbocycles. The van der Waals surface area contributed by atoms with Crippen molar-refractivity contribution < 1.29 is 4.79 Å². The normalized spacial score (nSPS) is 17.5. The molecule has 1 aliphatic heterocycles. The van der Waals surface area contributed by atoms with E-state index >= 15 is 0 Å². The Morgan fingerprint density at radius 1 is 1.52 bits per heavy atom. The Bertz CT molecular complexity index is 630. The van der Waals surface area contributed by atoms with Crippen molar-refractivity contribution in [3.05, 3.63) is 36.2 Å². The van der Waals surface area contributed by atoms with Crippen molar-refractivity contribution in [2.45, 2.75) is 32.9 Å². The first-order valence-electron chi connectivity index (χ1n) is 7.45. The summed E-state index contributed by atoms with van der Waals surface area (Å²) in [6.07, 6.45) is 9.42. The molecule has 3 heterocycles. The predicted molar refractivity (Wildman–Crippen MR) is 78.9 cm³/mol. The summed E-state index contributed by atoms with van der Waals surface area (Å²) in [6, 6.07) is 0. The molecule has 2 aromatic heterocycles. The highest BCUT2D eigenvalue weighted by molar-refractivity contribution is 5.93. The quantitative estimate of drug-likeness (QED) is 0.855.